The highest BCUT2D eigenvalue weighted by atomic mass is 32.2. The van der Waals surface area contributed by atoms with Crippen molar-refractivity contribution in [3.63, 3.8) is 0 Å². The van der Waals surface area contributed by atoms with Gasteiger partial charge in [-0.2, -0.15) is 0 Å². The predicted molar refractivity (Wildman–Crippen MR) is 93.4 cm³/mol. The van der Waals surface area contributed by atoms with Gasteiger partial charge in [0.05, 0.1) is 18.6 Å². The molecule has 0 spiro atoms. The zero-order valence-electron chi connectivity index (χ0n) is 14.3. The maximum Gasteiger partial charge on any atom is 0.151 e. The maximum absolute atomic E-state index is 11.7. The second-order valence-corrected chi connectivity index (χ2v) is 8.42. The summed E-state index contributed by atoms with van der Waals surface area (Å²) >= 11 is 0. The Kier molecular flexibility index (Phi) is 6.89. The molecule has 7 heteroatoms. The van der Waals surface area contributed by atoms with Gasteiger partial charge in [0.25, 0.3) is 0 Å². The molecule has 0 radical (unpaired) electrons. The molecule has 0 aliphatic carbocycles. The van der Waals surface area contributed by atoms with Gasteiger partial charge in [0.2, 0.25) is 0 Å². The smallest absolute Gasteiger partial charge is 0.151 e. The van der Waals surface area contributed by atoms with Crippen molar-refractivity contribution < 1.29 is 23.0 Å². The highest BCUT2D eigenvalue weighted by Crippen LogP contribution is 2.19. The fraction of sp³-hybridized carbons (Fsp3) is 0.647. The standard InChI is InChI=1S/C17H27NO5S/c1-3-9-18(14-8-10-24(20,21)13-14)11-15(19)12-23-17-6-4-16(22-2)5-7-17/h4-7,14-15,19H,3,8-13H2,1-2H3. The number of methoxy groups -OCH3 is 1. The number of rotatable bonds is 9. The van der Waals surface area contributed by atoms with Crippen molar-refractivity contribution in [3.8, 4) is 11.5 Å². The van der Waals surface area contributed by atoms with E-state index in [1.54, 1.807) is 31.4 Å². The number of hydrogen-bond donors (Lipinski definition) is 1. The van der Waals surface area contributed by atoms with Crippen LogP contribution in [-0.2, 0) is 9.84 Å². The Bertz CT molecular complexity index is 602. The molecule has 2 rings (SSSR count). The van der Waals surface area contributed by atoms with Crippen LogP contribution >= 0.6 is 0 Å². The minimum absolute atomic E-state index is 0.00517. The first-order chi connectivity index (χ1) is 11.4. The fourth-order valence-corrected chi connectivity index (χ4v) is 4.72. The van der Waals surface area contributed by atoms with Crippen molar-refractivity contribution in [2.24, 2.45) is 0 Å². The van der Waals surface area contributed by atoms with Crippen molar-refractivity contribution >= 4 is 9.84 Å². The number of sulfone groups is 1. The number of hydrogen-bond acceptors (Lipinski definition) is 6. The molecule has 24 heavy (non-hydrogen) atoms. The van der Waals surface area contributed by atoms with Crippen molar-refractivity contribution in [1.82, 2.24) is 4.90 Å². The minimum atomic E-state index is -2.92. The monoisotopic (exact) mass is 357 g/mol. The summed E-state index contributed by atoms with van der Waals surface area (Å²) in [6, 6.07) is 7.19. The van der Waals surface area contributed by atoms with Gasteiger partial charge in [-0.3, -0.25) is 4.90 Å². The molecule has 1 aromatic rings. The van der Waals surface area contributed by atoms with E-state index in [2.05, 4.69) is 11.8 Å². The quantitative estimate of drug-likeness (QED) is 0.719. The van der Waals surface area contributed by atoms with Gasteiger partial charge in [-0.05, 0) is 43.7 Å². The van der Waals surface area contributed by atoms with E-state index in [0.29, 0.717) is 18.7 Å². The SMILES string of the molecule is CCCN(CC(O)COc1ccc(OC)cc1)C1CCS(=O)(=O)C1. The molecule has 1 N–H and O–H groups in total. The van der Waals surface area contributed by atoms with Crippen molar-refractivity contribution in [2.75, 3.05) is 38.3 Å². The lowest BCUT2D eigenvalue weighted by atomic mass is 10.2. The largest absolute Gasteiger partial charge is 0.497 e. The van der Waals surface area contributed by atoms with Crippen LogP contribution in [0.3, 0.4) is 0 Å². The van der Waals surface area contributed by atoms with Gasteiger partial charge in [-0.15, -0.1) is 0 Å². The van der Waals surface area contributed by atoms with E-state index in [1.807, 2.05) is 0 Å². The van der Waals surface area contributed by atoms with E-state index < -0.39 is 15.9 Å². The summed E-state index contributed by atoms with van der Waals surface area (Å²) in [5, 5.41) is 10.3. The van der Waals surface area contributed by atoms with Gasteiger partial charge in [0, 0.05) is 12.6 Å². The van der Waals surface area contributed by atoms with Crippen LogP contribution in [0, 0.1) is 0 Å². The zero-order chi connectivity index (χ0) is 17.6. The summed E-state index contributed by atoms with van der Waals surface area (Å²) in [6.07, 6.45) is 0.902. The van der Waals surface area contributed by atoms with Crippen LogP contribution < -0.4 is 9.47 Å². The minimum Gasteiger partial charge on any atom is -0.497 e. The maximum atomic E-state index is 11.7. The topological polar surface area (TPSA) is 76.1 Å². The van der Waals surface area contributed by atoms with E-state index in [9.17, 15) is 13.5 Å². The number of aliphatic hydroxyl groups is 1. The number of nitrogens with zero attached hydrogens (tertiary/aromatic N) is 1. The van der Waals surface area contributed by atoms with Crippen LogP contribution in [0.15, 0.2) is 24.3 Å². The predicted octanol–water partition coefficient (Wildman–Crippen LogP) is 1.33. The Balaban J connectivity index is 1.84. The number of ether oxygens (including phenoxy) is 2. The van der Waals surface area contributed by atoms with E-state index in [1.165, 1.54) is 0 Å². The third-order valence-electron chi connectivity index (χ3n) is 4.18. The van der Waals surface area contributed by atoms with Gasteiger partial charge in [0.15, 0.2) is 9.84 Å². The fourth-order valence-electron chi connectivity index (χ4n) is 2.96. The van der Waals surface area contributed by atoms with Crippen LogP contribution in [0.1, 0.15) is 19.8 Å². The molecule has 1 saturated heterocycles. The molecule has 0 bridgehead atoms. The molecule has 1 fully saturated rings. The van der Waals surface area contributed by atoms with E-state index in [-0.39, 0.29) is 24.2 Å². The molecule has 0 aromatic heterocycles. The van der Waals surface area contributed by atoms with Crippen molar-refractivity contribution in [3.05, 3.63) is 24.3 Å². The molecule has 2 unspecified atom stereocenters. The highest BCUT2D eigenvalue weighted by Gasteiger charge is 2.32. The van der Waals surface area contributed by atoms with E-state index >= 15 is 0 Å². The summed E-state index contributed by atoms with van der Waals surface area (Å²) in [5.41, 5.74) is 0. The molecular formula is C17H27NO5S. The average molecular weight is 357 g/mol. The van der Waals surface area contributed by atoms with Gasteiger partial charge in [0.1, 0.15) is 24.2 Å². The molecule has 1 aliphatic rings. The molecule has 1 heterocycles. The third-order valence-corrected chi connectivity index (χ3v) is 5.93. The first-order valence-corrected chi connectivity index (χ1v) is 10.1. The first-order valence-electron chi connectivity index (χ1n) is 8.33. The normalized spacial score (nSPS) is 20.9. The zero-order valence-corrected chi connectivity index (χ0v) is 15.2. The van der Waals surface area contributed by atoms with Gasteiger partial charge in [-0.25, -0.2) is 8.42 Å². The Morgan fingerprint density at radius 3 is 2.50 bits per heavy atom. The van der Waals surface area contributed by atoms with E-state index in [0.717, 1.165) is 18.7 Å². The Hall–Kier alpha value is -1.31. The highest BCUT2D eigenvalue weighted by molar-refractivity contribution is 7.91. The third kappa shape index (κ3) is 5.65. The summed E-state index contributed by atoms with van der Waals surface area (Å²) in [6.45, 7) is 3.42. The first kappa shape index (κ1) is 19.0. The van der Waals surface area contributed by atoms with Crippen LogP contribution in [-0.4, -0.2) is 68.9 Å². The molecular weight excluding hydrogens is 330 g/mol. The summed E-state index contributed by atoms with van der Waals surface area (Å²) in [4.78, 5) is 2.08. The van der Waals surface area contributed by atoms with Gasteiger partial charge >= 0.3 is 0 Å². The molecule has 6 nitrogen and oxygen atoms in total. The van der Waals surface area contributed by atoms with Crippen molar-refractivity contribution in [2.45, 2.75) is 31.9 Å². The Labute approximate surface area is 144 Å². The molecule has 136 valence electrons. The Morgan fingerprint density at radius 2 is 1.96 bits per heavy atom. The molecule has 0 amide bonds. The van der Waals surface area contributed by atoms with E-state index in [4.69, 9.17) is 9.47 Å². The van der Waals surface area contributed by atoms with Crippen LogP contribution in [0.5, 0.6) is 11.5 Å². The number of aliphatic hydroxyl groups excluding tert-OH is 1. The lowest BCUT2D eigenvalue weighted by Crippen LogP contribution is -2.43. The van der Waals surface area contributed by atoms with Crippen LogP contribution in [0.4, 0.5) is 0 Å². The van der Waals surface area contributed by atoms with Crippen molar-refractivity contribution in [1.29, 1.82) is 0 Å². The molecule has 1 aliphatic heterocycles. The lowest BCUT2D eigenvalue weighted by molar-refractivity contribution is 0.0558. The number of benzene rings is 1. The second kappa shape index (κ2) is 8.69. The van der Waals surface area contributed by atoms with Gasteiger partial charge in [-0.1, -0.05) is 6.92 Å². The van der Waals surface area contributed by atoms with Crippen LogP contribution in [0.2, 0.25) is 0 Å². The summed E-state index contributed by atoms with van der Waals surface area (Å²) in [7, 11) is -1.32. The lowest BCUT2D eigenvalue weighted by Gasteiger charge is -2.29. The Morgan fingerprint density at radius 1 is 1.29 bits per heavy atom. The van der Waals surface area contributed by atoms with Gasteiger partial charge < -0.3 is 14.6 Å². The molecule has 2 atom stereocenters. The van der Waals surface area contributed by atoms with Crippen LogP contribution in [0.25, 0.3) is 0 Å². The average Bonchev–Trinajstić information content (AvgIpc) is 2.93. The summed E-state index contributed by atoms with van der Waals surface area (Å²) < 4.78 is 34.0. The second-order valence-electron chi connectivity index (χ2n) is 6.19. The molecule has 1 aromatic carbocycles. The molecule has 0 saturated carbocycles. The summed E-state index contributed by atoms with van der Waals surface area (Å²) in [5.74, 6) is 1.86.